The van der Waals surface area contributed by atoms with Crippen molar-refractivity contribution in [1.29, 1.82) is 5.41 Å². The van der Waals surface area contributed by atoms with Crippen LogP contribution in [0.4, 0.5) is 0 Å². The van der Waals surface area contributed by atoms with E-state index in [1.54, 1.807) is 43.5 Å². The zero-order valence-electron chi connectivity index (χ0n) is 14.5. The molecular weight excluding hydrogens is 348 g/mol. The van der Waals surface area contributed by atoms with Gasteiger partial charge in [-0.05, 0) is 37.3 Å². The van der Waals surface area contributed by atoms with Gasteiger partial charge in [-0.25, -0.2) is 9.78 Å². The standard InChI is InChI=1S/C19H16N4O4/c1-2-26-19(25)13-10-14-17(21-15-7-3-4-8-22(15)18(14)24)23(16(13)20)11-12-6-5-9-27-12/h3-10,20H,2,11H2,1H3. The molecule has 0 aromatic carbocycles. The summed E-state index contributed by atoms with van der Waals surface area (Å²) in [6.45, 7) is 2.01. The molecule has 0 unspecified atom stereocenters. The first-order chi connectivity index (χ1) is 13.1. The van der Waals surface area contributed by atoms with E-state index in [0.29, 0.717) is 17.1 Å². The third-order valence-corrected chi connectivity index (χ3v) is 4.21. The first-order valence-electron chi connectivity index (χ1n) is 8.39. The van der Waals surface area contributed by atoms with Crippen molar-refractivity contribution in [3.05, 3.63) is 76.0 Å². The molecule has 8 heteroatoms. The highest BCUT2D eigenvalue weighted by Crippen LogP contribution is 2.13. The van der Waals surface area contributed by atoms with Crippen LogP contribution in [0.3, 0.4) is 0 Å². The van der Waals surface area contributed by atoms with E-state index in [1.165, 1.54) is 21.3 Å². The van der Waals surface area contributed by atoms with E-state index in [1.807, 2.05) is 0 Å². The Balaban J connectivity index is 2.09. The quantitative estimate of drug-likeness (QED) is 0.440. The summed E-state index contributed by atoms with van der Waals surface area (Å²) in [5.41, 5.74) is 0.344. The molecule has 0 aliphatic carbocycles. The van der Waals surface area contributed by atoms with Crippen LogP contribution < -0.4 is 11.0 Å². The van der Waals surface area contributed by atoms with Gasteiger partial charge < -0.3 is 13.7 Å². The molecule has 4 aromatic heterocycles. The number of esters is 1. The van der Waals surface area contributed by atoms with Gasteiger partial charge in [0.25, 0.3) is 5.56 Å². The number of rotatable bonds is 4. The summed E-state index contributed by atoms with van der Waals surface area (Å²) in [6.07, 6.45) is 3.13. The predicted octanol–water partition coefficient (Wildman–Crippen LogP) is 1.95. The molecule has 136 valence electrons. The monoisotopic (exact) mass is 364 g/mol. The van der Waals surface area contributed by atoms with Crippen LogP contribution in [0.2, 0.25) is 0 Å². The average Bonchev–Trinajstić information content (AvgIpc) is 3.18. The number of nitrogens with one attached hydrogen (secondary N) is 1. The first-order valence-corrected chi connectivity index (χ1v) is 8.39. The predicted molar refractivity (Wildman–Crippen MR) is 96.6 cm³/mol. The van der Waals surface area contributed by atoms with Crippen molar-refractivity contribution in [3.63, 3.8) is 0 Å². The lowest BCUT2D eigenvalue weighted by Crippen LogP contribution is -2.31. The molecule has 1 N–H and O–H groups in total. The van der Waals surface area contributed by atoms with E-state index in [0.717, 1.165) is 0 Å². The van der Waals surface area contributed by atoms with Gasteiger partial charge in [0.15, 0.2) is 0 Å². The number of furan rings is 1. The second kappa shape index (κ2) is 6.56. The van der Waals surface area contributed by atoms with Gasteiger partial charge in [-0.1, -0.05) is 6.07 Å². The molecule has 4 heterocycles. The summed E-state index contributed by atoms with van der Waals surface area (Å²) in [5.74, 6) is -0.0824. The summed E-state index contributed by atoms with van der Waals surface area (Å²) in [6, 6.07) is 10.1. The van der Waals surface area contributed by atoms with Crippen molar-refractivity contribution in [2.75, 3.05) is 6.61 Å². The Labute approximate surface area is 152 Å². The minimum Gasteiger partial charge on any atom is -0.467 e. The lowest BCUT2D eigenvalue weighted by atomic mass is 10.2. The molecule has 0 fully saturated rings. The Morgan fingerprint density at radius 1 is 1.30 bits per heavy atom. The van der Waals surface area contributed by atoms with Crippen LogP contribution in [-0.4, -0.2) is 26.5 Å². The number of hydrogen-bond acceptors (Lipinski definition) is 6. The number of carbonyl (C=O) groups is 1. The highest BCUT2D eigenvalue weighted by molar-refractivity contribution is 5.93. The summed E-state index contributed by atoms with van der Waals surface area (Å²) in [7, 11) is 0. The molecule has 27 heavy (non-hydrogen) atoms. The molecule has 0 saturated heterocycles. The number of aromatic nitrogens is 3. The third kappa shape index (κ3) is 2.80. The molecule has 0 spiro atoms. The third-order valence-electron chi connectivity index (χ3n) is 4.21. The normalized spacial score (nSPS) is 11.1. The molecule has 0 atom stereocenters. The Morgan fingerprint density at radius 2 is 2.15 bits per heavy atom. The molecule has 0 bridgehead atoms. The fraction of sp³-hybridized carbons (Fsp3) is 0.158. The maximum atomic E-state index is 13.0. The van der Waals surface area contributed by atoms with Gasteiger partial charge in [-0.3, -0.25) is 14.6 Å². The van der Waals surface area contributed by atoms with Crippen molar-refractivity contribution >= 4 is 22.6 Å². The average molecular weight is 364 g/mol. The number of ether oxygens (including phenoxy) is 1. The van der Waals surface area contributed by atoms with Crippen molar-refractivity contribution in [2.24, 2.45) is 0 Å². The Morgan fingerprint density at radius 3 is 2.89 bits per heavy atom. The van der Waals surface area contributed by atoms with Crippen LogP contribution in [0.1, 0.15) is 23.0 Å². The molecule has 4 rings (SSSR count). The van der Waals surface area contributed by atoms with Crippen molar-refractivity contribution in [3.8, 4) is 0 Å². The summed E-state index contributed by atoms with van der Waals surface area (Å²) in [5, 5.41) is 8.72. The van der Waals surface area contributed by atoms with E-state index < -0.39 is 5.97 Å². The number of fused-ring (bicyclic) bond motifs is 2. The fourth-order valence-corrected chi connectivity index (χ4v) is 2.96. The summed E-state index contributed by atoms with van der Waals surface area (Å²) < 4.78 is 13.3. The van der Waals surface area contributed by atoms with Crippen LogP contribution in [0.5, 0.6) is 0 Å². The number of hydrogen-bond donors (Lipinski definition) is 1. The maximum absolute atomic E-state index is 13.0. The van der Waals surface area contributed by atoms with Gasteiger partial charge >= 0.3 is 5.97 Å². The molecule has 0 saturated carbocycles. The summed E-state index contributed by atoms with van der Waals surface area (Å²) >= 11 is 0. The van der Waals surface area contributed by atoms with Gasteiger partial charge in [0.05, 0.1) is 24.8 Å². The van der Waals surface area contributed by atoms with Crippen LogP contribution in [0, 0.1) is 5.41 Å². The molecule has 0 amide bonds. The molecule has 0 aliphatic heterocycles. The number of carbonyl (C=O) groups excluding carboxylic acids is 1. The number of nitrogens with zero attached hydrogens (tertiary/aromatic N) is 3. The molecule has 0 radical (unpaired) electrons. The van der Waals surface area contributed by atoms with Crippen LogP contribution in [-0.2, 0) is 11.3 Å². The highest BCUT2D eigenvalue weighted by atomic mass is 16.5. The zero-order valence-corrected chi connectivity index (χ0v) is 14.5. The molecule has 8 nitrogen and oxygen atoms in total. The highest BCUT2D eigenvalue weighted by Gasteiger charge is 2.18. The van der Waals surface area contributed by atoms with Gasteiger partial charge in [-0.15, -0.1) is 0 Å². The maximum Gasteiger partial charge on any atom is 0.341 e. The second-order valence-electron chi connectivity index (χ2n) is 5.88. The number of pyridine rings is 2. The smallest absolute Gasteiger partial charge is 0.341 e. The lowest BCUT2D eigenvalue weighted by Gasteiger charge is -2.13. The van der Waals surface area contributed by atoms with Crippen molar-refractivity contribution in [1.82, 2.24) is 14.0 Å². The van der Waals surface area contributed by atoms with Crippen molar-refractivity contribution < 1.29 is 13.9 Å². The zero-order chi connectivity index (χ0) is 19.0. The van der Waals surface area contributed by atoms with Gasteiger partial charge in [0.1, 0.15) is 28.1 Å². The van der Waals surface area contributed by atoms with Gasteiger partial charge in [0.2, 0.25) is 0 Å². The lowest BCUT2D eigenvalue weighted by molar-refractivity contribution is 0.0523. The van der Waals surface area contributed by atoms with E-state index in [2.05, 4.69) is 4.98 Å². The fourth-order valence-electron chi connectivity index (χ4n) is 2.96. The Bertz CT molecular complexity index is 1270. The van der Waals surface area contributed by atoms with E-state index in [-0.39, 0.29) is 35.1 Å². The van der Waals surface area contributed by atoms with E-state index in [4.69, 9.17) is 14.6 Å². The minimum absolute atomic E-state index is 0.00527. The molecule has 4 aromatic rings. The van der Waals surface area contributed by atoms with E-state index in [9.17, 15) is 9.59 Å². The topological polar surface area (TPSA) is 103 Å². The summed E-state index contributed by atoms with van der Waals surface area (Å²) in [4.78, 5) is 29.8. The molecule has 0 aliphatic rings. The molecular formula is C19H16N4O4. The Kier molecular flexibility index (Phi) is 4.08. The van der Waals surface area contributed by atoms with Crippen LogP contribution >= 0.6 is 0 Å². The van der Waals surface area contributed by atoms with Crippen molar-refractivity contribution in [2.45, 2.75) is 13.5 Å². The largest absolute Gasteiger partial charge is 0.467 e. The van der Waals surface area contributed by atoms with Gasteiger partial charge in [-0.2, -0.15) is 0 Å². The van der Waals surface area contributed by atoms with Crippen LogP contribution in [0.15, 0.2) is 58.1 Å². The second-order valence-corrected chi connectivity index (χ2v) is 5.88. The first kappa shape index (κ1) is 16.8. The van der Waals surface area contributed by atoms with E-state index >= 15 is 0 Å². The SMILES string of the molecule is CCOC(=O)c1cc2c(=O)n3ccccc3nc2n(Cc2ccco2)c1=N. The minimum atomic E-state index is -0.657. The van der Waals surface area contributed by atoms with Crippen LogP contribution in [0.25, 0.3) is 16.7 Å². The van der Waals surface area contributed by atoms with Gasteiger partial charge in [0, 0.05) is 6.20 Å². The Hall–Kier alpha value is -3.68.